The molecular formula is C6H10FNaO2. The largest absolute Gasteiger partial charge is 1.00 e. The van der Waals surface area contributed by atoms with Gasteiger partial charge in [0.1, 0.15) is 6.17 Å². The van der Waals surface area contributed by atoms with Crippen LogP contribution in [0.2, 0.25) is 0 Å². The molecule has 0 bridgehead atoms. The molecule has 0 aromatic rings. The summed E-state index contributed by atoms with van der Waals surface area (Å²) in [4.78, 5) is 9.73. The number of alkyl halides is 1. The van der Waals surface area contributed by atoms with Crippen LogP contribution in [0.4, 0.5) is 4.39 Å². The van der Waals surface area contributed by atoms with E-state index in [1.54, 1.807) is 0 Å². The van der Waals surface area contributed by atoms with Gasteiger partial charge in [-0.2, -0.15) is 0 Å². The monoisotopic (exact) mass is 156 g/mol. The first-order chi connectivity index (χ1) is 4.16. The van der Waals surface area contributed by atoms with Crippen molar-refractivity contribution >= 4 is 5.97 Å². The molecular weight excluding hydrogens is 146 g/mol. The van der Waals surface area contributed by atoms with Gasteiger partial charge >= 0.3 is 29.6 Å². The smallest absolute Gasteiger partial charge is 0.550 e. The summed E-state index contributed by atoms with van der Waals surface area (Å²) in [5.74, 6) is -1.31. The van der Waals surface area contributed by atoms with E-state index in [9.17, 15) is 14.3 Å². The third kappa shape index (κ3) is 8.40. The number of carboxylic acid groups (broad SMARTS) is 1. The van der Waals surface area contributed by atoms with Crippen molar-refractivity contribution < 1.29 is 43.8 Å². The van der Waals surface area contributed by atoms with Crippen molar-refractivity contribution in [2.75, 3.05) is 0 Å². The molecule has 0 saturated heterocycles. The standard InChI is InChI=1S/C6H11FO2.Na/c1-2-3-5(7)4-6(8)9;/h5H,2-4H2,1H3,(H,8,9);/q;+1/p-1. The SMILES string of the molecule is CCCC(F)CC(=O)[O-].[Na+]. The average molecular weight is 156 g/mol. The molecule has 0 radical (unpaired) electrons. The summed E-state index contributed by atoms with van der Waals surface area (Å²) in [7, 11) is 0. The second-order valence-corrected chi connectivity index (χ2v) is 1.96. The minimum Gasteiger partial charge on any atom is -0.550 e. The summed E-state index contributed by atoms with van der Waals surface area (Å²) in [5.41, 5.74) is 0. The van der Waals surface area contributed by atoms with Crippen LogP contribution in [0.3, 0.4) is 0 Å². The van der Waals surface area contributed by atoms with Gasteiger partial charge in [0.25, 0.3) is 0 Å². The van der Waals surface area contributed by atoms with Crippen molar-refractivity contribution in [3.05, 3.63) is 0 Å². The molecule has 10 heavy (non-hydrogen) atoms. The fraction of sp³-hybridized carbons (Fsp3) is 0.833. The zero-order chi connectivity index (χ0) is 7.28. The molecule has 0 N–H and O–H groups in total. The molecule has 2 nitrogen and oxygen atoms in total. The molecule has 0 fully saturated rings. The van der Waals surface area contributed by atoms with E-state index in [2.05, 4.69) is 0 Å². The van der Waals surface area contributed by atoms with Crippen molar-refractivity contribution in [2.24, 2.45) is 0 Å². The van der Waals surface area contributed by atoms with Crippen LogP contribution in [0.25, 0.3) is 0 Å². The van der Waals surface area contributed by atoms with E-state index in [1.807, 2.05) is 6.92 Å². The van der Waals surface area contributed by atoms with Gasteiger partial charge < -0.3 is 9.90 Å². The van der Waals surface area contributed by atoms with Crippen LogP contribution in [-0.2, 0) is 4.79 Å². The Morgan fingerprint density at radius 2 is 2.20 bits per heavy atom. The van der Waals surface area contributed by atoms with Gasteiger partial charge in [0.15, 0.2) is 0 Å². The molecule has 0 aliphatic carbocycles. The molecule has 4 heteroatoms. The molecule has 0 rings (SSSR count). The second-order valence-electron chi connectivity index (χ2n) is 1.96. The number of carbonyl (C=O) groups excluding carboxylic acids is 1. The zero-order valence-electron chi connectivity index (χ0n) is 6.39. The van der Waals surface area contributed by atoms with Crippen molar-refractivity contribution in [1.82, 2.24) is 0 Å². The third-order valence-corrected chi connectivity index (χ3v) is 0.990. The van der Waals surface area contributed by atoms with Crippen LogP contribution < -0.4 is 34.7 Å². The first-order valence-electron chi connectivity index (χ1n) is 3.00. The average Bonchev–Trinajstić information content (AvgIpc) is 1.63. The fourth-order valence-electron chi connectivity index (χ4n) is 0.596. The molecule has 0 aromatic heterocycles. The maximum atomic E-state index is 12.2. The Kier molecular flexibility index (Phi) is 9.78. The Bertz CT molecular complexity index is 97.7. The molecule has 0 heterocycles. The van der Waals surface area contributed by atoms with Crippen LogP contribution in [0.15, 0.2) is 0 Å². The summed E-state index contributed by atoms with van der Waals surface area (Å²) in [5, 5.41) is 9.73. The number of halogens is 1. The molecule has 54 valence electrons. The summed E-state index contributed by atoms with van der Waals surface area (Å²) < 4.78 is 12.2. The molecule has 0 aliphatic rings. The Morgan fingerprint density at radius 1 is 1.70 bits per heavy atom. The molecule has 1 atom stereocenters. The van der Waals surface area contributed by atoms with E-state index in [4.69, 9.17) is 0 Å². The molecule has 0 aromatic carbocycles. The van der Waals surface area contributed by atoms with Gasteiger partial charge in [0, 0.05) is 12.4 Å². The van der Waals surface area contributed by atoms with Gasteiger partial charge in [-0.1, -0.05) is 13.3 Å². The van der Waals surface area contributed by atoms with Crippen molar-refractivity contribution in [3.8, 4) is 0 Å². The van der Waals surface area contributed by atoms with Crippen LogP contribution in [0.1, 0.15) is 26.2 Å². The van der Waals surface area contributed by atoms with E-state index in [1.165, 1.54) is 0 Å². The van der Waals surface area contributed by atoms with Gasteiger partial charge in [0.2, 0.25) is 0 Å². The summed E-state index contributed by atoms with van der Waals surface area (Å²) >= 11 is 0. The molecule has 0 spiro atoms. The number of aliphatic carboxylic acids is 1. The Morgan fingerprint density at radius 3 is 2.50 bits per heavy atom. The number of hydrogen-bond acceptors (Lipinski definition) is 2. The number of rotatable bonds is 4. The van der Waals surface area contributed by atoms with E-state index >= 15 is 0 Å². The van der Waals surface area contributed by atoms with Crippen molar-refractivity contribution in [1.29, 1.82) is 0 Å². The van der Waals surface area contributed by atoms with Crippen LogP contribution in [0.5, 0.6) is 0 Å². The van der Waals surface area contributed by atoms with Crippen LogP contribution >= 0.6 is 0 Å². The van der Waals surface area contributed by atoms with Crippen LogP contribution in [0, 0.1) is 0 Å². The normalized spacial score (nSPS) is 11.8. The fourth-order valence-corrected chi connectivity index (χ4v) is 0.596. The van der Waals surface area contributed by atoms with E-state index in [-0.39, 0.29) is 29.6 Å². The van der Waals surface area contributed by atoms with Gasteiger partial charge in [0.05, 0.1) is 0 Å². The first-order valence-corrected chi connectivity index (χ1v) is 3.00. The Labute approximate surface area is 82.1 Å². The summed E-state index contributed by atoms with van der Waals surface area (Å²) in [6, 6.07) is 0. The van der Waals surface area contributed by atoms with Gasteiger partial charge in [-0.15, -0.1) is 0 Å². The summed E-state index contributed by atoms with van der Waals surface area (Å²) in [6.07, 6.45) is -0.698. The summed E-state index contributed by atoms with van der Waals surface area (Å²) in [6.45, 7) is 1.81. The van der Waals surface area contributed by atoms with E-state index in [0.29, 0.717) is 12.8 Å². The third-order valence-electron chi connectivity index (χ3n) is 0.990. The van der Waals surface area contributed by atoms with Crippen LogP contribution in [-0.4, -0.2) is 12.1 Å². The zero-order valence-corrected chi connectivity index (χ0v) is 8.39. The number of carboxylic acids is 1. The maximum Gasteiger partial charge on any atom is 1.00 e. The minimum atomic E-state index is -1.31. The predicted molar refractivity (Wildman–Crippen MR) is 29.4 cm³/mol. The van der Waals surface area contributed by atoms with Gasteiger partial charge in [-0.05, 0) is 6.42 Å². The maximum absolute atomic E-state index is 12.2. The van der Waals surface area contributed by atoms with Crippen molar-refractivity contribution in [2.45, 2.75) is 32.4 Å². The van der Waals surface area contributed by atoms with Gasteiger partial charge in [-0.3, -0.25) is 0 Å². The minimum absolute atomic E-state index is 0. The predicted octanol–water partition coefficient (Wildman–Crippen LogP) is -2.73. The number of hydrogen-bond donors (Lipinski definition) is 0. The molecule has 1 unspecified atom stereocenters. The van der Waals surface area contributed by atoms with Gasteiger partial charge in [-0.25, -0.2) is 4.39 Å². The molecule has 0 amide bonds. The van der Waals surface area contributed by atoms with Crippen molar-refractivity contribution in [3.63, 3.8) is 0 Å². The Hall–Kier alpha value is 0.400. The molecule has 0 aliphatic heterocycles. The first kappa shape index (κ1) is 13.0. The van der Waals surface area contributed by atoms with E-state index in [0.717, 1.165) is 0 Å². The quantitative estimate of drug-likeness (QED) is 0.414. The number of carbonyl (C=O) groups is 1. The van der Waals surface area contributed by atoms with E-state index < -0.39 is 18.6 Å². The molecule has 0 saturated carbocycles. The topological polar surface area (TPSA) is 40.1 Å². The Balaban J connectivity index is 0. The second kappa shape index (κ2) is 7.51.